The van der Waals surface area contributed by atoms with Gasteiger partial charge in [0, 0.05) is 38.3 Å². The highest BCUT2D eigenvalue weighted by Gasteiger charge is 2.24. The van der Waals surface area contributed by atoms with Crippen molar-refractivity contribution in [3.8, 4) is 5.75 Å². The smallest absolute Gasteiger partial charge is 0.251 e. The number of amides is 1. The quantitative estimate of drug-likeness (QED) is 0.545. The first-order valence-corrected chi connectivity index (χ1v) is 11.5. The van der Waals surface area contributed by atoms with E-state index in [2.05, 4.69) is 47.5 Å². The van der Waals surface area contributed by atoms with Crippen LogP contribution in [0.2, 0.25) is 5.02 Å². The first-order chi connectivity index (χ1) is 15.1. The molecule has 31 heavy (non-hydrogen) atoms. The zero-order chi connectivity index (χ0) is 22.1. The Morgan fingerprint density at radius 3 is 2.61 bits per heavy atom. The molecule has 1 saturated heterocycles. The van der Waals surface area contributed by atoms with Crippen molar-refractivity contribution in [1.29, 1.82) is 0 Å². The number of halogens is 1. The monoisotopic (exact) mass is 444 g/mol. The van der Waals surface area contributed by atoms with Gasteiger partial charge in [-0.2, -0.15) is 0 Å². The standard InChI is InChI=1S/C25H33ClN2O3/c1-19(8-9-20-6-4-3-5-7-20)28-15-12-22(13-16-28)31-24-11-10-21(18-23(24)26)25(29)27-14-17-30-2/h3-7,10-11,18-19,22H,8-9,12-17H2,1-2H3,(H,27,29)/t19-/m1/s1. The molecule has 168 valence electrons. The maximum Gasteiger partial charge on any atom is 0.251 e. The zero-order valence-corrected chi connectivity index (χ0v) is 19.2. The van der Waals surface area contributed by atoms with Crippen LogP contribution in [0.25, 0.3) is 0 Å². The highest BCUT2D eigenvalue weighted by Crippen LogP contribution is 2.29. The molecule has 5 nitrogen and oxygen atoms in total. The Hall–Kier alpha value is -2.08. The molecule has 1 N–H and O–H groups in total. The van der Waals surface area contributed by atoms with Gasteiger partial charge in [0.15, 0.2) is 0 Å². The largest absolute Gasteiger partial charge is 0.489 e. The molecule has 1 aliphatic heterocycles. The number of hydrogen-bond donors (Lipinski definition) is 1. The molecule has 3 rings (SSSR count). The van der Waals surface area contributed by atoms with Gasteiger partial charge in [-0.1, -0.05) is 41.9 Å². The molecule has 1 atom stereocenters. The van der Waals surface area contributed by atoms with Crippen LogP contribution in [0.1, 0.15) is 42.1 Å². The van der Waals surface area contributed by atoms with Gasteiger partial charge in [-0.25, -0.2) is 0 Å². The maximum atomic E-state index is 12.1. The van der Waals surface area contributed by atoms with Crippen LogP contribution in [0, 0.1) is 0 Å². The van der Waals surface area contributed by atoms with E-state index in [9.17, 15) is 4.79 Å². The molecule has 2 aromatic rings. The minimum absolute atomic E-state index is 0.149. The van der Waals surface area contributed by atoms with Crippen molar-refractivity contribution in [3.63, 3.8) is 0 Å². The number of benzene rings is 2. The van der Waals surface area contributed by atoms with E-state index in [1.54, 1.807) is 25.3 Å². The Balaban J connectivity index is 1.44. The fourth-order valence-electron chi connectivity index (χ4n) is 3.92. The number of piperidine rings is 1. The summed E-state index contributed by atoms with van der Waals surface area (Å²) < 4.78 is 11.1. The third-order valence-electron chi connectivity index (χ3n) is 5.87. The molecule has 1 amide bonds. The van der Waals surface area contributed by atoms with Crippen molar-refractivity contribution >= 4 is 17.5 Å². The molecule has 0 radical (unpaired) electrons. The molecule has 0 aromatic heterocycles. The molecule has 0 unspecified atom stereocenters. The zero-order valence-electron chi connectivity index (χ0n) is 18.5. The fraction of sp³-hybridized carbons (Fsp3) is 0.480. The molecule has 0 bridgehead atoms. The van der Waals surface area contributed by atoms with Gasteiger partial charge in [0.2, 0.25) is 0 Å². The van der Waals surface area contributed by atoms with Gasteiger partial charge in [-0.05, 0) is 56.4 Å². The number of ether oxygens (including phenoxy) is 2. The molecular formula is C25H33ClN2O3. The van der Waals surface area contributed by atoms with Gasteiger partial charge in [0.1, 0.15) is 11.9 Å². The number of rotatable bonds is 10. The third kappa shape index (κ3) is 7.23. The van der Waals surface area contributed by atoms with Crippen LogP contribution in [0.3, 0.4) is 0 Å². The fourth-order valence-corrected chi connectivity index (χ4v) is 4.15. The van der Waals surface area contributed by atoms with Crippen LogP contribution >= 0.6 is 11.6 Å². The second-order valence-corrected chi connectivity index (χ2v) is 8.53. The van der Waals surface area contributed by atoms with Crippen LogP contribution < -0.4 is 10.1 Å². The van der Waals surface area contributed by atoms with Crippen LogP contribution in [-0.4, -0.2) is 56.3 Å². The Morgan fingerprint density at radius 2 is 1.94 bits per heavy atom. The minimum Gasteiger partial charge on any atom is -0.489 e. The van der Waals surface area contributed by atoms with Gasteiger partial charge in [0.05, 0.1) is 11.6 Å². The van der Waals surface area contributed by atoms with Gasteiger partial charge in [-0.15, -0.1) is 0 Å². The summed E-state index contributed by atoms with van der Waals surface area (Å²) in [6, 6.07) is 16.4. The normalized spacial score (nSPS) is 16.1. The summed E-state index contributed by atoms with van der Waals surface area (Å²) in [4.78, 5) is 14.7. The SMILES string of the molecule is COCCNC(=O)c1ccc(OC2CCN([C@H](C)CCc3ccccc3)CC2)c(Cl)c1. The lowest BCUT2D eigenvalue weighted by Crippen LogP contribution is -2.43. The van der Waals surface area contributed by atoms with Crippen LogP contribution in [0.15, 0.2) is 48.5 Å². The Bertz CT molecular complexity index is 823. The average Bonchev–Trinajstić information content (AvgIpc) is 2.80. The highest BCUT2D eigenvalue weighted by molar-refractivity contribution is 6.32. The van der Waals surface area contributed by atoms with Gasteiger partial charge in [0.25, 0.3) is 5.91 Å². The van der Waals surface area contributed by atoms with Crippen LogP contribution in [0.5, 0.6) is 5.75 Å². The topological polar surface area (TPSA) is 50.8 Å². The highest BCUT2D eigenvalue weighted by atomic mass is 35.5. The predicted molar refractivity (Wildman–Crippen MR) is 125 cm³/mol. The van der Waals surface area contributed by atoms with E-state index < -0.39 is 0 Å². The van der Waals surface area contributed by atoms with Gasteiger partial charge < -0.3 is 19.7 Å². The van der Waals surface area contributed by atoms with Crippen LogP contribution in [0.4, 0.5) is 0 Å². The number of likely N-dealkylation sites (tertiary alicyclic amines) is 1. The summed E-state index contributed by atoms with van der Waals surface area (Å²) in [5.74, 6) is 0.481. The summed E-state index contributed by atoms with van der Waals surface area (Å²) >= 11 is 6.39. The van der Waals surface area contributed by atoms with Crippen molar-refractivity contribution in [2.24, 2.45) is 0 Å². The van der Waals surface area contributed by atoms with Crippen molar-refractivity contribution in [3.05, 3.63) is 64.7 Å². The van der Waals surface area contributed by atoms with Crippen molar-refractivity contribution in [2.45, 2.75) is 44.8 Å². The van der Waals surface area contributed by atoms with E-state index in [-0.39, 0.29) is 12.0 Å². The van der Waals surface area contributed by atoms with E-state index in [0.29, 0.717) is 35.5 Å². The lowest BCUT2D eigenvalue weighted by Gasteiger charge is -2.36. The second-order valence-electron chi connectivity index (χ2n) is 8.12. The lowest BCUT2D eigenvalue weighted by molar-refractivity contribution is 0.0776. The predicted octanol–water partition coefficient (Wildman–Crippen LogP) is 4.58. The average molecular weight is 445 g/mol. The first-order valence-electron chi connectivity index (χ1n) is 11.1. The Labute approximate surface area is 190 Å². The number of carbonyl (C=O) groups excluding carboxylic acids is 1. The Kier molecular flexibility index (Phi) is 9.19. The number of nitrogens with zero attached hydrogens (tertiary/aromatic N) is 1. The minimum atomic E-state index is -0.164. The van der Waals surface area contributed by atoms with E-state index in [1.807, 2.05) is 0 Å². The number of carbonyl (C=O) groups is 1. The van der Waals surface area contributed by atoms with Gasteiger partial charge >= 0.3 is 0 Å². The molecule has 1 heterocycles. The summed E-state index contributed by atoms with van der Waals surface area (Å²) in [5.41, 5.74) is 1.92. The van der Waals surface area contributed by atoms with Crippen molar-refractivity contribution < 1.29 is 14.3 Å². The van der Waals surface area contributed by atoms with Gasteiger partial charge in [-0.3, -0.25) is 4.79 Å². The molecule has 0 saturated carbocycles. The summed E-state index contributed by atoms with van der Waals surface area (Å²) in [6.07, 6.45) is 4.38. The molecular weight excluding hydrogens is 412 g/mol. The number of hydrogen-bond acceptors (Lipinski definition) is 4. The van der Waals surface area contributed by atoms with E-state index >= 15 is 0 Å². The Morgan fingerprint density at radius 1 is 1.19 bits per heavy atom. The van der Waals surface area contributed by atoms with E-state index in [1.165, 1.54) is 5.56 Å². The van der Waals surface area contributed by atoms with Crippen molar-refractivity contribution in [1.82, 2.24) is 10.2 Å². The second kappa shape index (κ2) is 12.1. The van der Waals surface area contributed by atoms with Crippen molar-refractivity contribution in [2.75, 3.05) is 33.4 Å². The number of methoxy groups -OCH3 is 1. The third-order valence-corrected chi connectivity index (χ3v) is 6.17. The summed E-state index contributed by atoms with van der Waals surface area (Å²) in [5, 5.41) is 3.27. The van der Waals surface area contributed by atoms with E-state index in [4.69, 9.17) is 21.1 Å². The summed E-state index contributed by atoms with van der Waals surface area (Å²) in [7, 11) is 1.60. The molecule has 0 aliphatic carbocycles. The molecule has 6 heteroatoms. The van der Waals surface area contributed by atoms with Crippen LogP contribution in [-0.2, 0) is 11.2 Å². The first kappa shape index (κ1) is 23.6. The molecule has 1 fully saturated rings. The molecule has 0 spiro atoms. The molecule has 1 aliphatic rings. The lowest BCUT2D eigenvalue weighted by atomic mass is 10.0. The number of nitrogens with one attached hydrogen (secondary N) is 1. The maximum absolute atomic E-state index is 12.1. The van der Waals surface area contributed by atoms with E-state index in [0.717, 1.165) is 38.8 Å². The summed E-state index contributed by atoms with van der Waals surface area (Å²) in [6.45, 7) is 5.31. The number of aryl methyl sites for hydroxylation is 1. The molecule has 2 aromatic carbocycles.